The normalized spacial score (nSPS) is 12.8. The van der Waals surface area contributed by atoms with Crippen LogP contribution in [0.15, 0.2) is 315 Å². The summed E-state index contributed by atoms with van der Waals surface area (Å²) in [5.74, 6) is 0. The Morgan fingerprint density at radius 2 is 0.562 bits per heavy atom. The zero-order valence-electron chi connectivity index (χ0n) is 48.2. The second kappa shape index (κ2) is 19.6. The molecule has 89 heavy (non-hydrogen) atoms. The van der Waals surface area contributed by atoms with Crippen LogP contribution in [0.4, 0.5) is 34.1 Å². The van der Waals surface area contributed by atoms with Crippen molar-refractivity contribution in [3.8, 4) is 44.5 Å². The zero-order valence-corrected chi connectivity index (χ0v) is 49.9. The molecule has 0 aliphatic heterocycles. The summed E-state index contributed by atoms with van der Waals surface area (Å²) in [6.45, 7) is 0. The highest BCUT2D eigenvalue weighted by Gasteiger charge is 2.51. The maximum atomic E-state index is 2.49. The monoisotopic (exact) mass is 1160 g/mol. The molecule has 0 radical (unpaired) electrons. The molecule has 414 valence electrons. The van der Waals surface area contributed by atoms with Gasteiger partial charge in [0, 0.05) is 85.6 Å². The lowest BCUT2D eigenvalue weighted by molar-refractivity contribution is 0.794. The molecule has 0 saturated carbocycles. The highest BCUT2D eigenvalue weighted by atomic mass is 32.1. The molecule has 0 amide bonds. The minimum atomic E-state index is -0.426. The predicted octanol–water partition coefficient (Wildman–Crippen LogP) is 24.5. The molecule has 17 aromatic rings. The van der Waals surface area contributed by atoms with Crippen molar-refractivity contribution in [3.63, 3.8) is 0 Å². The van der Waals surface area contributed by atoms with E-state index < -0.39 is 5.41 Å². The van der Waals surface area contributed by atoms with Crippen molar-refractivity contribution in [2.24, 2.45) is 0 Å². The Bertz CT molecular complexity index is 5700. The minimum Gasteiger partial charge on any atom is -0.310 e. The molecule has 0 bridgehead atoms. The zero-order chi connectivity index (χ0) is 58.3. The SMILES string of the molecule is c1ccc(N(c2ccc3c(c2)-c2ccccc2C32c3ccccc3-c3ccccc32)c2cc(-c3cccc(-c4cc(N(c5ccccc5)c5ccc6c7ccccc7c7ccccc7c6c5)cc5c4sc4ccccc45)c3)c3sc4ccccc4c3c2)cc1. The Morgan fingerprint density at radius 1 is 0.202 bits per heavy atom. The molecule has 2 aliphatic rings. The summed E-state index contributed by atoms with van der Waals surface area (Å²) in [7, 11) is 0. The molecule has 4 heteroatoms. The summed E-state index contributed by atoms with van der Waals surface area (Å²) in [5, 5.41) is 12.6. The number of fused-ring (bicyclic) bond motifs is 22. The molecule has 2 aromatic heterocycles. The third-order valence-electron chi connectivity index (χ3n) is 19.2. The summed E-state index contributed by atoms with van der Waals surface area (Å²) < 4.78 is 5.10. The van der Waals surface area contributed by atoms with Crippen molar-refractivity contribution >= 4 is 129 Å². The van der Waals surface area contributed by atoms with Gasteiger partial charge in [-0.15, -0.1) is 22.7 Å². The summed E-state index contributed by atoms with van der Waals surface area (Å²) in [6.07, 6.45) is 0. The molecule has 0 N–H and O–H groups in total. The minimum absolute atomic E-state index is 0.426. The lowest BCUT2D eigenvalue weighted by atomic mass is 9.70. The Kier molecular flexibility index (Phi) is 11.1. The molecule has 2 nitrogen and oxygen atoms in total. The number of thiophene rings is 2. The third-order valence-corrected chi connectivity index (χ3v) is 21.6. The van der Waals surface area contributed by atoms with Gasteiger partial charge in [-0.25, -0.2) is 0 Å². The number of hydrogen-bond acceptors (Lipinski definition) is 4. The first-order valence-electron chi connectivity index (χ1n) is 30.6. The van der Waals surface area contributed by atoms with Crippen LogP contribution in [0.2, 0.25) is 0 Å². The first-order valence-corrected chi connectivity index (χ1v) is 32.3. The highest BCUT2D eigenvalue weighted by Crippen LogP contribution is 2.63. The van der Waals surface area contributed by atoms with E-state index in [1.807, 2.05) is 22.7 Å². The van der Waals surface area contributed by atoms with E-state index in [4.69, 9.17) is 0 Å². The molecule has 15 aromatic carbocycles. The van der Waals surface area contributed by atoms with E-state index in [1.165, 1.54) is 139 Å². The molecule has 0 unspecified atom stereocenters. The second-order valence-electron chi connectivity index (χ2n) is 23.8. The lowest BCUT2D eigenvalue weighted by Gasteiger charge is -2.31. The van der Waals surface area contributed by atoms with Crippen molar-refractivity contribution < 1.29 is 0 Å². The van der Waals surface area contributed by atoms with E-state index in [-0.39, 0.29) is 0 Å². The van der Waals surface area contributed by atoms with Crippen LogP contribution in [0.3, 0.4) is 0 Å². The standard InChI is InChI=1S/C85H52N2S2/c1-3-24-55(25-4-1)86(57-42-44-65-63-30-8-7-28-61(63)62-29-9-10-31-64(62)73(65)47-57)59-49-71(83-75(51-59)69-35-14-19-40-81(69)88-83)53-22-21-23-54(46-53)72-50-60(52-76-70-36-15-20-41-82(70)89-84(72)76)87(56-26-5-2-6-27-56)58-43-45-80-74(48-58)68-34-13-18-39-79(68)85(80)77-37-16-11-32-66(77)67-33-12-17-38-78(67)85/h1-52H. The van der Waals surface area contributed by atoms with E-state index in [0.717, 1.165) is 34.1 Å². The van der Waals surface area contributed by atoms with E-state index >= 15 is 0 Å². The number of hydrogen-bond donors (Lipinski definition) is 0. The first kappa shape index (κ1) is 50.3. The van der Waals surface area contributed by atoms with E-state index in [0.29, 0.717) is 0 Å². The Balaban J connectivity index is 0.810. The van der Waals surface area contributed by atoms with Crippen LogP contribution in [-0.2, 0) is 5.41 Å². The molecule has 1 spiro atoms. The molecular weight excluding hydrogens is 1110 g/mol. The number of rotatable bonds is 8. The van der Waals surface area contributed by atoms with Crippen LogP contribution in [-0.4, -0.2) is 0 Å². The van der Waals surface area contributed by atoms with Crippen LogP contribution in [0.1, 0.15) is 22.3 Å². The van der Waals surface area contributed by atoms with Crippen molar-refractivity contribution in [2.75, 3.05) is 9.80 Å². The fourth-order valence-electron chi connectivity index (χ4n) is 15.5. The van der Waals surface area contributed by atoms with Gasteiger partial charge >= 0.3 is 0 Å². The first-order chi connectivity index (χ1) is 44.1. The van der Waals surface area contributed by atoms with Crippen molar-refractivity contribution in [3.05, 3.63) is 338 Å². The Hall–Kier alpha value is -10.9. The number of para-hydroxylation sites is 2. The maximum absolute atomic E-state index is 2.49. The van der Waals surface area contributed by atoms with Gasteiger partial charge < -0.3 is 9.80 Å². The molecule has 2 heterocycles. The quantitative estimate of drug-likeness (QED) is 0.140. The van der Waals surface area contributed by atoms with Gasteiger partial charge in [-0.2, -0.15) is 0 Å². The summed E-state index contributed by atoms with van der Waals surface area (Å²) in [4.78, 5) is 4.96. The van der Waals surface area contributed by atoms with Gasteiger partial charge in [0.2, 0.25) is 0 Å². The Morgan fingerprint density at radius 3 is 1.07 bits per heavy atom. The fourth-order valence-corrected chi connectivity index (χ4v) is 17.9. The summed E-state index contributed by atoms with van der Waals surface area (Å²) >= 11 is 3.78. The number of benzene rings is 15. The van der Waals surface area contributed by atoms with Gasteiger partial charge in [0.1, 0.15) is 0 Å². The number of anilines is 6. The second-order valence-corrected chi connectivity index (χ2v) is 25.9. The molecule has 19 rings (SSSR count). The third kappa shape index (κ3) is 7.42. The average Bonchev–Trinajstić information content (AvgIpc) is 1.53. The molecule has 0 fully saturated rings. The van der Waals surface area contributed by atoms with E-state index in [1.54, 1.807) is 0 Å². The van der Waals surface area contributed by atoms with Crippen LogP contribution < -0.4 is 9.80 Å². The van der Waals surface area contributed by atoms with E-state index in [9.17, 15) is 0 Å². The smallest absolute Gasteiger partial charge is 0.0725 e. The largest absolute Gasteiger partial charge is 0.310 e. The van der Waals surface area contributed by atoms with Gasteiger partial charge in [-0.1, -0.05) is 224 Å². The molecule has 0 saturated heterocycles. The predicted molar refractivity (Wildman–Crippen MR) is 381 cm³/mol. The van der Waals surface area contributed by atoms with Gasteiger partial charge in [-0.3, -0.25) is 0 Å². The fraction of sp³-hybridized carbons (Fsp3) is 0.0118. The van der Waals surface area contributed by atoms with Crippen LogP contribution in [0, 0.1) is 0 Å². The van der Waals surface area contributed by atoms with Crippen molar-refractivity contribution in [1.82, 2.24) is 0 Å². The summed E-state index contributed by atoms with van der Waals surface area (Å²) in [5.41, 5.74) is 21.5. The lowest BCUT2D eigenvalue weighted by Crippen LogP contribution is -2.25. The Labute approximate surface area is 523 Å². The van der Waals surface area contributed by atoms with Gasteiger partial charge in [0.05, 0.1) is 5.41 Å². The van der Waals surface area contributed by atoms with Gasteiger partial charge in [0.15, 0.2) is 0 Å². The topological polar surface area (TPSA) is 6.48 Å². The highest BCUT2D eigenvalue weighted by molar-refractivity contribution is 7.26. The summed E-state index contributed by atoms with van der Waals surface area (Å²) in [6, 6.07) is 118. The van der Waals surface area contributed by atoms with Crippen LogP contribution >= 0.6 is 22.7 Å². The molecule has 2 aliphatic carbocycles. The van der Waals surface area contributed by atoms with Gasteiger partial charge in [0.25, 0.3) is 0 Å². The van der Waals surface area contributed by atoms with Crippen LogP contribution in [0.25, 0.3) is 117 Å². The molecular formula is C85H52N2S2. The van der Waals surface area contributed by atoms with Crippen molar-refractivity contribution in [2.45, 2.75) is 5.41 Å². The number of nitrogens with zero attached hydrogens (tertiary/aromatic N) is 2. The van der Waals surface area contributed by atoms with Crippen LogP contribution in [0.5, 0.6) is 0 Å². The maximum Gasteiger partial charge on any atom is 0.0725 e. The van der Waals surface area contributed by atoms with Gasteiger partial charge in [-0.05, 0) is 179 Å². The van der Waals surface area contributed by atoms with E-state index in [2.05, 4.69) is 325 Å². The molecule has 0 atom stereocenters. The average molecular weight is 1170 g/mol. The van der Waals surface area contributed by atoms with Crippen molar-refractivity contribution in [1.29, 1.82) is 0 Å².